The molecule has 0 aliphatic carbocycles. The Morgan fingerprint density at radius 1 is 1.18 bits per heavy atom. The zero-order valence-electron chi connectivity index (χ0n) is 12.4. The third-order valence-corrected chi connectivity index (χ3v) is 5.02. The highest BCUT2D eigenvalue weighted by Crippen LogP contribution is 2.26. The lowest BCUT2D eigenvalue weighted by Gasteiger charge is -2.36. The fourth-order valence-corrected chi connectivity index (χ4v) is 3.37. The number of nitrogens with one attached hydrogen (secondary N) is 1. The van der Waals surface area contributed by atoms with Gasteiger partial charge in [0.15, 0.2) is 0 Å². The molecule has 2 aliphatic rings. The van der Waals surface area contributed by atoms with Gasteiger partial charge in [-0.1, -0.05) is 29.3 Å². The van der Waals surface area contributed by atoms with Crippen molar-refractivity contribution in [3.05, 3.63) is 33.8 Å². The van der Waals surface area contributed by atoms with Crippen LogP contribution in [0, 0.1) is 0 Å². The summed E-state index contributed by atoms with van der Waals surface area (Å²) in [6.07, 6.45) is 2.70. The number of hydrogen-bond acceptors (Lipinski definition) is 3. The minimum Gasteiger partial charge on any atom is -0.372 e. The third kappa shape index (κ3) is 3.74. The maximum Gasteiger partial charge on any atom is 0.227 e. The summed E-state index contributed by atoms with van der Waals surface area (Å²) in [5, 5.41) is 4.31. The van der Waals surface area contributed by atoms with E-state index in [1.165, 1.54) is 0 Å². The van der Waals surface area contributed by atoms with E-state index in [0.717, 1.165) is 44.6 Å². The fourth-order valence-electron chi connectivity index (χ4n) is 2.84. The number of benzene rings is 1. The third-order valence-electron chi connectivity index (χ3n) is 4.31. The molecular formula is C16H20Cl2N2O2. The van der Waals surface area contributed by atoms with E-state index in [1.807, 2.05) is 4.90 Å². The summed E-state index contributed by atoms with van der Waals surface area (Å²) in [5.41, 5.74) is 0.717. The van der Waals surface area contributed by atoms with Crippen LogP contribution in [0.15, 0.2) is 18.2 Å². The predicted octanol–water partition coefficient (Wildman–Crippen LogP) is 2.52. The molecule has 0 aromatic heterocycles. The number of rotatable bonds is 4. The van der Waals surface area contributed by atoms with Crippen LogP contribution in [-0.2, 0) is 16.0 Å². The van der Waals surface area contributed by atoms with E-state index < -0.39 is 0 Å². The Kier molecular flexibility index (Phi) is 5.24. The molecule has 3 rings (SSSR count). The Morgan fingerprint density at radius 3 is 2.36 bits per heavy atom. The zero-order valence-corrected chi connectivity index (χ0v) is 13.9. The van der Waals surface area contributed by atoms with Crippen LogP contribution < -0.4 is 5.32 Å². The average molecular weight is 343 g/mol. The molecule has 4 nitrogen and oxygen atoms in total. The van der Waals surface area contributed by atoms with Crippen molar-refractivity contribution in [3.8, 4) is 0 Å². The van der Waals surface area contributed by atoms with Crippen molar-refractivity contribution in [3.63, 3.8) is 0 Å². The lowest BCUT2D eigenvalue weighted by atomic mass is 10.0. The molecule has 0 atom stereocenters. The minimum atomic E-state index is 0.0822. The van der Waals surface area contributed by atoms with Gasteiger partial charge in [-0.15, -0.1) is 0 Å². The smallest absolute Gasteiger partial charge is 0.227 e. The van der Waals surface area contributed by atoms with Gasteiger partial charge in [0.1, 0.15) is 0 Å². The number of likely N-dealkylation sites (tertiary alicyclic amines) is 1. The molecule has 1 amide bonds. The fraction of sp³-hybridized carbons (Fsp3) is 0.562. The van der Waals surface area contributed by atoms with Crippen LogP contribution in [0.5, 0.6) is 0 Å². The van der Waals surface area contributed by atoms with Crippen LogP contribution in [0.25, 0.3) is 0 Å². The molecule has 0 unspecified atom stereocenters. The van der Waals surface area contributed by atoms with E-state index in [2.05, 4.69) is 5.32 Å². The van der Waals surface area contributed by atoms with Crippen LogP contribution in [0.2, 0.25) is 10.0 Å². The molecule has 6 heteroatoms. The van der Waals surface area contributed by atoms with Crippen molar-refractivity contribution in [2.75, 3.05) is 26.2 Å². The molecule has 2 heterocycles. The molecule has 2 fully saturated rings. The SMILES string of the molecule is O=C(Cc1c(Cl)cccc1Cl)N1CCC(OC2CNC2)CC1. The topological polar surface area (TPSA) is 41.6 Å². The number of amides is 1. The number of halogens is 2. The van der Waals surface area contributed by atoms with Gasteiger partial charge in [0.05, 0.1) is 18.6 Å². The van der Waals surface area contributed by atoms with E-state index in [0.29, 0.717) is 16.1 Å². The van der Waals surface area contributed by atoms with Crippen molar-refractivity contribution in [2.45, 2.75) is 31.5 Å². The average Bonchev–Trinajstić information content (AvgIpc) is 2.47. The molecule has 2 saturated heterocycles. The van der Waals surface area contributed by atoms with Gasteiger partial charge < -0.3 is 15.0 Å². The van der Waals surface area contributed by atoms with E-state index in [9.17, 15) is 4.79 Å². The summed E-state index contributed by atoms with van der Waals surface area (Å²) in [6, 6.07) is 5.32. The number of ether oxygens (including phenoxy) is 1. The lowest BCUT2D eigenvalue weighted by molar-refractivity contribution is -0.134. The van der Waals surface area contributed by atoms with E-state index in [-0.39, 0.29) is 18.4 Å². The molecule has 0 bridgehead atoms. The van der Waals surface area contributed by atoms with Gasteiger partial charge in [0.2, 0.25) is 5.91 Å². The van der Waals surface area contributed by atoms with Crippen molar-refractivity contribution in [1.82, 2.24) is 10.2 Å². The van der Waals surface area contributed by atoms with Crippen LogP contribution in [0.1, 0.15) is 18.4 Å². The van der Waals surface area contributed by atoms with Crippen molar-refractivity contribution in [2.24, 2.45) is 0 Å². The van der Waals surface area contributed by atoms with Crippen LogP contribution in [-0.4, -0.2) is 49.2 Å². The van der Waals surface area contributed by atoms with Gasteiger partial charge in [-0.05, 0) is 30.5 Å². The van der Waals surface area contributed by atoms with Crippen molar-refractivity contribution < 1.29 is 9.53 Å². The van der Waals surface area contributed by atoms with E-state index >= 15 is 0 Å². The summed E-state index contributed by atoms with van der Waals surface area (Å²) >= 11 is 12.3. The molecule has 1 aromatic rings. The Hall–Kier alpha value is -0.810. The Balaban J connectivity index is 1.51. The maximum atomic E-state index is 12.4. The first-order valence-corrected chi connectivity index (χ1v) is 8.46. The lowest BCUT2D eigenvalue weighted by Crippen LogP contribution is -2.51. The summed E-state index contributed by atoms with van der Waals surface area (Å²) < 4.78 is 5.97. The first-order valence-electron chi connectivity index (χ1n) is 7.70. The van der Waals surface area contributed by atoms with Gasteiger partial charge >= 0.3 is 0 Å². The first kappa shape index (κ1) is 16.1. The van der Waals surface area contributed by atoms with Gasteiger partial charge in [-0.3, -0.25) is 4.79 Å². The second-order valence-corrected chi connectivity index (χ2v) is 6.69. The number of nitrogens with zero attached hydrogens (tertiary/aromatic N) is 1. The molecule has 0 radical (unpaired) electrons. The Bertz CT molecular complexity index is 521. The van der Waals surface area contributed by atoms with E-state index in [4.69, 9.17) is 27.9 Å². The highest BCUT2D eigenvalue weighted by atomic mass is 35.5. The molecule has 22 heavy (non-hydrogen) atoms. The highest BCUT2D eigenvalue weighted by molar-refractivity contribution is 6.36. The molecule has 2 aliphatic heterocycles. The number of carbonyl (C=O) groups excluding carboxylic acids is 1. The second kappa shape index (κ2) is 7.18. The second-order valence-electron chi connectivity index (χ2n) is 5.87. The normalized spacial score (nSPS) is 20.0. The minimum absolute atomic E-state index is 0.0822. The van der Waals surface area contributed by atoms with Gasteiger partial charge in [-0.25, -0.2) is 0 Å². The molecule has 120 valence electrons. The summed E-state index contributed by atoms with van der Waals surface area (Å²) in [6.45, 7) is 3.38. The molecule has 0 saturated carbocycles. The molecule has 1 aromatic carbocycles. The largest absolute Gasteiger partial charge is 0.372 e. The van der Waals surface area contributed by atoms with Crippen LogP contribution >= 0.6 is 23.2 Å². The van der Waals surface area contributed by atoms with E-state index in [1.54, 1.807) is 18.2 Å². The highest BCUT2D eigenvalue weighted by Gasteiger charge is 2.27. The van der Waals surface area contributed by atoms with Gasteiger partial charge in [0, 0.05) is 36.2 Å². The van der Waals surface area contributed by atoms with Gasteiger partial charge in [0.25, 0.3) is 0 Å². The summed E-state index contributed by atoms with van der Waals surface area (Å²) in [4.78, 5) is 14.3. The summed E-state index contributed by atoms with van der Waals surface area (Å²) in [7, 11) is 0. The number of hydrogen-bond donors (Lipinski definition) is 1. The predicted molar refractivity (Wildman–Crippen MR) is 87.5 cm³/mol. The van der Waals surface area contributed by atoms with Crippen LogP contribution in [0.3, 0.4) is 0 Å². The van der Waals surface area contributed by atoms with Crippen molar-refractivity contribution in [1.29, 1.82) is 0 Å². The molecule has 0 spiro atoms. The summed E-state index contributed by atoms with van der Waals surface area (Å²) in [5.74, 6) is 0.0822. The first-order chi connectivity index (χ1) is 10.6. The quantitative estimate of drug-likeness (QED) is 0.913. The monoisotopic (exact) mass is 342 g/mol. The standard InChI is InChI=1S/C16H20Cl2N2O2/c17-14-2-1-3-15(18)13(14)8-16(21)20-6-4-11(5-7-20)22-12-9-19-10-12/h1-3,11-12,19H,4-10H2. The Morgan fingerprint density at radius 2 is 1.82 bits per heavy atom. The van der Waals surface area contributed by atoms with Gasteiger partial charge in [-0.2, -0.15) is 0 Å². The molecule has 1 N–H and O–H groups in total. The number of carbonyl (C=O) groups is 1. The van der Waals surface area contributed by atoms with Crippen molar-refractivity contribution >= 4 is 29.1 Å². The Labute approximate surface area is 140 Å². The maximum absolute atomic E-state index is 12.4. The molecular weight excluding hydrogens is 323 g/mol. The number of piperidine rings is 1. The zero-order chi connectivity index (χ0) is 15.5. The van der Waals surface area contributed by atoms with Crippen LogP contribution in [0.4, 0.5) is 0 Å².